The van der Waals surface area contributed by atoms with Crippen molar-refractivity contribution in [3.8, 4) is 17.1 Å². The highest BCUT2D eigenvalue weighted by molar-refractivity contribution is 9.10. The van der Waals surface area contributed by atoms with Crippen LogP contribution in [0.4, 0.5) is 13.2 Å². The summed E-state index contributed by atoms with van der Waals surface area (Å²) in [5.41, 5.74) is 2.95. The van der Waals surface area contributed by atoms with Crippen molar-refractivity contribution in [1.82, 2.24) is 28.6 Å². The molecule has 0 bridgehead atoms. The zero-order valence-corrected chi connectivity index (χ0v) is 26.1. The summed E-state index contributed by atoms with van der Waals surface area (Å²) in [5.74, 6) is 0.542. The average molecular weight is 668 g/mol. The van der Waals surface area contributed by atoms with Gasteiger partial charge in [0, 0.05) is 52.2 Å². The summed E-state index contributed by atoms with van der Waals surface area (Å²) in [5, 5.41) is 4.68. The number of alkyl halides is 3. The lowest BCUT2D eigenvalue weighted by Gasteiger charge is -2.35. The minimum Gasteiger partial charge on any atom is -0.334 e. The predicted molar refractivity (Wildman–Crippen MR) is 164 cm³/mol. The largest absolute Gasteiger partial charge is 0.417 e. The Morgan fingerprint density at radius 1 is 1.14 bits per heavy atom. The standard InChI is InChI=1S/C32H30BrF3N6O2/c1-18(2)13-22-16-38-42-27-17-40(30(43)21-7-10-26(33)25(15-21)32(34,35)36)19(3)14-24(27)31(44)41(29(22)42)23-8-5-20(6-9-23)28-37-11-12-39(28)4/h5-12,15-16,18-19H,13-14,17H2,1-4H3/t19-/m0/s1. The molecule has 12 heteroatoms. The summed E-state index contributed by atoms with van der Waals surface area (Å²) < 4.78 is 46.0. The number of nitrogens with zero attached hydrogens (tertiary/aromatic N) is 6. The van der Waals surface area contributed by atoms with Crippen molar-refractivity contribution in [2.24, 2.45) is 13.0 Å². The molecule has 0 aliphatic carbocycles. The number of rotatable bonds is 5. The van der Waals surface area contributed by atoms with E-state index in [1.807, 2.05) is 42.1 Å². The molecule has 4 heterocycles. The van der Waals surface area contributed by atoms with Crippen LogP contribution in [0.15, 0.2) is 70.3 Å². The maximum atomic E-state index is 14.3. The molecule has 0 fully saturated rings. The van der Waals surface area contributed by atoms with Crippen LogP contribution in [-0.4, -0.2) is 40.6 Å². The second kappa shape index (κ2) is 11.1. The first kappa shape index (κ1) is 29.9. The van der Waals surface area contributed by atoms with Crippen LogP contribution < -0.4 is 5.56 Å². The van der Waals surface area contributed by atoms with Gasteiger partial charge in [-0.3, -0.25) is 14.2 Å². The van der Waals surface area contributed by atoms with E-state index in [0.717, 1.165) is 23.0 Å². The number of fused-ring (bicyclic) bond motifs is 3. The van der Waals surface area contributed by atoms with Crippen LogP contribution in [0.1, 0.15) is 53.5 Å². The van der Waals surface area contributed by atoms with Gasteiger partial charge in [-0.05, 0) is 68.1 Å². The fourth-order valence-corrected chi connectivity index (χ4v) is 6.40. The summed E-state index contributed by atoms with van der Waals surface area (Å²) in [6.45, 7) is 6.00. The van der Waals surface area contributed by atoms with E-state index in [9.17, 15) is 22.8 Å². The summed E-state index contributed by atoms with van der Waals surface area (Å²) in [4.78, 5) is 33.9. The van der Waals surface area contributed by atoms with E-state index in [1.54, 1.807) is 28.4 Å². The number of benzene rings is 2. The van der Waals surface area contributed by atoms with Gasteiger partial charge in [0.25, 0.3) is 11.5 Å². The van der Waals surface area contributed by atoms with Crippen LogP contribution in [0, 0.1) is 5.92 Å². The minimum atomic E-state index is -4.62. The number of amides is 1. The van der Waals surface area contributed by atoms with E-state index in [-0.39, 0.29) is 34.5 Å². The van der Waals surface area contributed by atoms with Crippen LogP contribution in [0.25, 0.3) is 22.7 Å². The Hall–Kier alpha value is -4.19. The van der Waals surface area contributed by atoms with Gasteiger partial charge in [-0.25, -0.2) is 9.50 Å². The van der Waals surface area contributed by atoms with Crippen molar-refractivity contribution in [1.29, 1.82) is 0 Å². The third-order valence-electron chi connectivity index (χ3n) is 8.06. The predicted octanol–water partition coefficient (Wildman–Crippen LogP) is 6.45. The Bertz CT molecular complexity index is 1960. The molecule has 0 radical (unpaired) electrons. The molecule has 0 unspecified atom stereocenters. The van der Waals surface area contributed by atoms with Crippen LogP contribution in [0.2, 0.25) is 0 Å². The number of hydrogen-bond donors (Lipinski definition) is 0. The second-order valence-corrected chi connectivity index (χ2v) is 12.5. The molecule has 6 rings (SSSR count). The zero-order chi connectivity index (χ0) is 31.5. The first-order chi connectivity index (χ1) is 20.8. The zero-order valence-electron chi connectivity index (χ0n) is 24.6. The summed E-state index contributed by atoms with van der Waals surface area (Å²) >= 11 is 2.94. The normalized spacial score (nSPS) is 15.3. The van der Waals surface area contributed by atoms with E-state index in [0.29, 0.717) is 29.0 Å². The Morgan fingerprint density at radius 3 is 2.50 bits per heavy atom. The quantitative estimate of drug-likeness (QED) is 0.216. The molecule has 0 spiro atoms. The van der Waals surface area contributed by atoms with Gasteiger partial charge in [-0.1, -0.05) is 29.8 Å². The summed E-state index contributed by atoms with van der Waals surface area (Å²) in [6.07, 6.45) is 1.62. The number of carbonyl (C=O) groups excluding carboxylic acids is 1. The number of carbonyl (C=O) groups is 1. The van der Waals surface area contributed by atoms with E-state index >= 15 is 0 Å². The van der Waals surface area contributed by atoms with Crippen molar-refractivity contribution in [3.63, 3.8) is 0 Å². The van der Waals surface area contributed by atoms with Crippen LogP contribution in [0.5, 0.6) is 0 Å². The van der Waals surface area contributed by atoms with Gasteiger partial charge in [0.2, 0.25) is 0 Å². The molecule has 1 aliphatic heterocycles. The van der Waals surface area contributed by atoms with Crippen molar-refractivity contribution in [2.75, 3.05) is 0 Å². The van der Waals surface area contributed by atoms with E-state index in [4.69, 9.17) is 0 Å². The third kappa shape index (κ3) is 5.14. The Morgan fingerprint density at radius 2 is 1.86 bits per heavy atom. The Kier molecular flexibility index (Phi) is 7.51. The Balaban J connectivity index is 1.46. The van der Waals surface area contributed by atoms with E-state index < -0.39 is 23.7 Å². The molecule has 0 saturated heterocycles. The smallest absolute Gasteiger partial charge is 0.334 e. The minimum absolute atomic E-state index is 0.0280. The molecule has 1 amide bonds. The number of hydrogen-bond acceptors (Lipinski definition) is 4. The fraction of sp³-hybridized carbons (Fsp3) is 0.312. The average Bonchev–Trinajstić information content (AvgIpc) is 3.58. The van der Waals surface area contributed by atoms with Crippen LogP contribution in [-0.2, 0) is 32.6 Å². The molecule has 5 aromatic rings. The van der Waals surface area contributed by atoms with E-state index in [2.05, 4.69) is 39.9 Å². The molecule has 8 nitrogen and oxygen atoms in total. The van der Waals surface area contributed by atoms with Crippen molar-refractivity contribution < 1.29 is 18.0 Å². The topological polar surface area (TPSA) is 77.4 Å². The molecule has 0 N–H and O–H groups in total. The third-order valence-corrected chi connectivity index (χ3v) is 8.75. The fourth-order valence-electron chi connectivity index (χ4n) is 5.92. The lowest BCUT2D eigenvalue weighted by Crippen LogP contribution is -2.46. The van der Waals surface area contributed by atoms with Crippen LogP contribution >= 0.6 is 15.9 Å². The highest BCUT2D eigenvalue weighted by Crippen LogP contribution is 2.36. The van der Waals surface area contributed by atoms with Gasteiger partial charge in [-0.15, -0.1) is 0 Å². The molecule has 1 atom stereocenters. The molecule has 2 aromatic carbocycles. The maximum Gasteiger partial charge on any atom is 0.417 e. The van der Waals surface area contributed by atoms with Crippen LogP contribution in [0.3, 0.4) is 0 Å². The van der Waals surface area contributed by atoms with Crippen molar-refractivity contribution >= 4 is 27.5 Å². The number of halogens is 4. The lowest BCUT2D eigenvalue weighted by atomic mass is 9.97. The molecular formula is C32H30BrF3N6O2. The highest BCUT2D eigenvalue weighted by Gasteiger charge is 2.36. The molecule has 44 heavy (non-hydrogen) atoms. The van der Waals surface area contributed by atoms with Gasteiger partial charge >= 0.3 is 6.18 Å². The van der Waals surface area contributed by atoms with Gasteiger partial charge in [-0.2, -0.15) is 18.3 Å². The summed E-state index contributed by atoms with van der Waals surface area (Å²) in [7, 11) is 1.92. The van der Waals surface area contributed by atoms with Crippen molar-refractivity contribution in [2.45, 2.75) is 52.4 Å². The number of aryl methyl sites for hydroxylation is 1. The molecule has 1 aliphatic rings. The van der Waals surface area contributed by atoms with Gasteiger partial charge < -0.3 is 9.47 Å². The monoisotopic (exact) mass is 666 g/mol. The highest BCUT2D eigenvalue weighted by atomic mass is 79.9. The number of aromatic nitrogens is 5. The van der Waals surface area contributed by atoms with Gasteiger partial charge in [0.1, 0.15) is 11.5 Å². The number of imidazole rings is 1. The molecule has 3 aromatic heterocycles. The lowest BCUT2D eigenvalue weighted by molar-refractivity contribution is -0.138. The SMILES string of the molecule is CC(C)Cc1cnn2c3c(c(=O)n(-c4ccc(-c5nccn5C)cc4)c12)C[C@H](C)N(C(=O)c1ccc(Br)c(C(F)(F)F)c1)C3. The Labute approximate surface area is 259 Å². The van der Waals surface area contributed by atoms with Gasteiger partial charge in [0.05, 0.1) is 29.7 Å². The molecular weight excluding hydrogens is 637 g/mol. The second-order valence-electron chi connectivity index (χ2n) is 11.7. The first-order valence-electron chi connectivity index (χ1n) is 14.2. The summed E-state index contributed by atoms with van der Waals surface area (Å²) in [6, 6.07) is 10.7. The maximum absolute atomic E-state index is 14.3. The first-order valence-corrected chi connectivity index (χ1v) is 15.0. The van der Waals surface area contributed by atoms with Crippen molar-refractivity contribution in [3.05, 3.63) is 104 Å². The van der Waals surface area contributed by atoms with Gasteiger partial charge in [0.15, 0.2) is 0 Å². The molecule has 228 valence electrons. The van der Waals surface area contributed by atoms with E-state index in [1.165, 1.54) is 17.0 Å². The molecule has 0 saturated carbocycles.